The van der Waals surface area contributed by atoms with Crippen molar-refractivity contribution in [1.82, 2.24) is 0 Å². The molecular formula is C9H17NO3. The topological polar surface area (TPSA) is 61.5 Å². The van der Waals surface area contributed by atoms with Crippen molar-refractivity contribution >= 4 is 5.78 Å². The van der Waals surface area contributed by atoms with Gasteiger partial charge in [0.15, 0.2) is 5.78 Å². The standard InChI is InChI=1S/C9H17NO3/c1-2-3-12-6-9(11)7-4-13-5-8(7)10/h7-8H,2-6,10H2,1H3. The Morgan fingerprint density at radius 3 is 2.92 bits per heavy atom. The fourth-order valence-corrected chi connectivity index (χ4v) is 1.33. The lowest BCUT2D eigenvalue weighted by molar-refractivity contribution is -0.127. The van der Waals surface area contributed by atoms with E-state index in [9.17, 15) is 4.79 Å². The monoisotopic (exact) mass is 187 g/mol. The first-order valence-electron chi connectivity index (χ1n) is 4.69. The van der Waals surface area contributed by atoms with E-state index in [1.807, 2.05) is 6.92 Å². The van der Waals surface area contributed by atoms with E-state index in [0.717, 1.165) is 6.42 Å². The van der Waals surface area contributed by atoms with E-state index in [4.69, 9.17) is 15.2 Å². The zero-order valence-corrected chi connectivity index (χ0v) is 7.99. The molecule has 1 aliphatic heterocycles. The molecule has 1 fully saturated rings. The molecule has 2 atom stereocenters. The van der Waals surface area contributed by atoms with E-state index in [1.165, 1.54) is 0 Å². The molecule has 2 N–H and O–H groups in total. The molecule has 0 aliphatic carbocycles. The largest absolute Gasteiger partial charge is 0.379 e. The van der Waals surface area contributed by atoms with Crippen LogP contribution in [0.5, 0.6) is 0 Å². The summed E-state index contributed by atoms with van der Waals surface area (Å²) in [4.78, 5) is 11.4. The maximum Gasteiger partial charge on any atom is 0.165 e. The van der Waals surface area contributed by atoms with Crippen molar-refractivity contribution in [3.8, 4) is 0 Å². The van der Waals surface area contributed by atoms with E-state index in [1.54, 1.807) is 0 Å². The van der Waals surface area contributed by atoms with Gasteiger partial charge >= 0.3 is 0 Å². The van der Waals surface area contributed by atoms with Gasteiger partial charge in [-0.1, -0.05) is 6.92 Å². The minimum absolute atomic E-state index is 0.0680. The molecule has 13 heavy (non-hydrogen) atoms. The number of ether oxygens (including phenoxy) is 2. The fraction of sp³-hybridized carbons (Fsp3) is 0.889. The van der Waals surface area contributed by atoms with Crippen LogP contribution in [0.3, 0.4) is 0 Å². The number of carbonyl (C=O) groups is 1. The van der Waals surface area contributed by atoms with Crippen LogP contribution in [0.1, 0.15) is 13.3 Å². The number of Topliss-reactive ketones (excluding diaryl/α,β-unsaturated/α-hetero) is 1. The van der Waals surface area contributed by atoms with Gasteiger partial charge < -0.3 is 15.2 Å². The number of hydrogen-bond acceptors (Lipinski definition) is 4. The third-order valence-corrected chi connectivity index (χ3v) is 2.13. The summed E-state index contributed by atoms with van der Waals surface area (Å²) < 4.78 is 10.2. The summed E-state index contributed by atoms with van der Waals surface area (Å²) in [7, 11) is 0. The second kappa shape index (κ2) is 5.32. The third kappa shape index (κ3) is 3.06. The quantitative estimate of drug-likeness (QED) is 0.613. The van der Waals surface area contributed by atoms with Gasteiger partial charge in [-0.05, 0) is 6.42 Å². The van der Waals surface area contributed by atoms with Crippen LogP contribution in [0.15, 0.2) is 0 Å². The average molecular weight is 187 g/mol. The number of rotatable bonds is 5. The molecular weight excluding hydrogens is 170 g/mol. The maximum absolute atomic E-state index is 11.4. The van der Waals surface area contributed by atoms with Crippen molar-refractivity contribution in [3.63, 3.8) is 0 Å². The van der Waals surface area contributed by atoms with Crippen LogP contribution in [0.25, 0.3) is 0 Å². The molecule has 0 amide bonds. The first kappa shape index (κ1) is 10.6. The van der Waals surface area contributed by atoms with Gasteiger partial charge in [-0.2, -0.15) is 0 Å². The number of carbonyl (C=O) groups excluding carboxylic acids is 1. The van der Waals surface area contributed by atoms with E-state index < -0.39 is 0 Å². The molecule has 4 nitrogen and oxygen atoms in total. The zero-order chi connectivity index (χ0) is 9.68. The molecule has 1 rings (SSSR count). The molecule has 2 unspecified atom stereocenters. The molecule has 0 aromatic heterocycles. The molecule has 1 heterocycles. The van der Waals surface area contributed by atoms with Crippen molar-refractivity contribution in [2.45, 2.75) is 19.4 Å². The normalized spacial score (nSPS) is 27.8. The number of nitrogens with two attached hydrogens (primary N) is 1. The van der Waals surface area contributed by atoms with Gasteiger partial charge in [0.25, 0.3) is 0 Å². The molecule has 0 spiro atoms. The Morgan fingerprint density at radius 2 is 2.38 bits per heavy atom. The van der Waals surface area contributed by atoms with Crippen molar-refractivity contribution in [1.29, 1.82) is 0 Å². The average Bonchev–Trinajstić information content (AvgIpc) is 2.52. The van der Waals surface area contributed by atoms with E-state index in [-0.39, 0.29) is 24.3 Å². The molecule has 76 valence electrons. The lowest BCUT2D eigenvalue weighted by Crippen LogP contribution is -2.36. The van der Waals surface area contributed by atoms with Crippen LogP contribution < -0.4 is 5.73 Å². The van der Waals surface area contributed by atoms with Gasteiger partial charge in [-0.25, -0.2) is 0 Å². The van der Waals surface area contributed by atoms with Crippen molar-refractivity contribution in [3.05, 3.63) is 0 Å². The van der Waals surface area contributed by atoms with E-state index in [2.05, 4.69) is 0 Å². The van der Waals surface area contributed by atoms with E-state index >= 15 is 0 Å². The Bertz CT molecular complexity index is 172. The number of hydrogen-bond donors (Lipinski definition) is 1. The van der Waals surface area contributed by atoms with Crippen LogP contribution in [0.4, 0.5) is 0 Å². The summed E-state index contributed by atoms with van der Waals surface area (Å²) in [5, 5.41) is 0. The summed E-state index contributed by atoms with van der Waals surface area (Å²) in [6.45, 7) is 3.76. The highest BCUT2D eigenvalue weighted by Crippen LogP contribution is 2.12. The van der Waals surface area contributed by atoms with Crippen molar-refractivity contribution < 1.29 is 14.3 Å². The highest BCUT2D eigenvalue weighted by Gasteiger charge is 2.30. The second-order valence-corrected chi connectivity index (χ2v) is 3.33. The molecule has 1 aliphatic rings. The maximum atomic E-state index is 11.4. The Balaban J connectivity index is 2.22. The van der Waals surface area contributed by atoms with E-state index in [0.29, 0.717) is 19.8 Å². The SMILES string of the molecule is CCCOCC(=O)C1COCC1N. The molecule has 0 bridgehead atoms. The first-order chi connectivity index (χ1) is 6.25. The third-order valence-electron chi connectivity index (χ3n) is 2.13. The van der Waals surface area contributed by atoms with Crippen LogP contribution >= 0.6 is 0 Å². The van der Waals surface area contributed by atoms with Gasteiger partial charge in [0.2, 0.25) is 0 Å². The molecule has 1 saturated heterocycles. The molecule has 0 aromatic carbocycles. The first-order valence-corrected chi connectivity index (χ1v) is 4.69. The Hall–Kier alpha value is -0.450. The summed E-state index contributed by atoms with van der Waals surface area (Å²) in [6, 6.07) is -0.141. The molecule has 0 aromatic rings. The van der Waals surface area contributed by atoms with Gasteiger partial charge in [-0.15, -0.1) is 0 Å². The summed E-state index contributed by atoms with van der Waals surface area (Å²) in [6.07, 6.45) is 0.931. The van der Waals surface area contributed by atoms with Gasteiger partial charge in [0, 0.05) is 12.6 Å². The van der Waals surface area contributed by atoms with Crippen LogP contribution in [0, 0.1) is 5.92 Å². The van der Waals surface area contributed by atoms with Crippen LogP contribution in [-0.2, 0) is 14.3 Å². The summed E-state index contributed by atoms with van der Waals surface area (Å²) in [5.74, 6) is -0.0877. The van der Waals surface area contributed by atoms with Crippen molar-refractivity contribution in [2.75, 3.05) is 26.4 Å². The highest BCUT2D eigenvalue weighted by molar-refractivity contribution is 5.83. The van der Waals surface area contributed by atoms with Crippen molar-refractivity contribution in [2.24, 2.45) is 11.7 Å². The summed E-state index contributed by atoms with van der Waals surface area (Å²) >= 11 is 0. The predicted molar refractivity (Wildman–Crippen MR) is 48.4 cm³/mol. The van der Waals surface area contributed by atoms with Crippen LogP contribution in [-0.4, -0.2) is 38.3 Å². The Morgan fingerprint density at radius 1 is 1.62 bits per heavy atom. The van der Waals surface area contributed by atoms with Gasteiger partial charge in [0.1, 0.15) is 6.61 Å². The molecule has 0 saturated carbocycles. The molecule has 0 radical (unpaired) electrons. The minimum Gasteiger partial charge on any atom is -0.379 e. The molecule has 4 heteroatoms. The van der Waals surface area contributed by atoms with Gasteiger partial charge in [-0.3, -0.25) is 4.79 Å². The zero-order valence-electron chi connectivity index (χ0n) is 7.99. The predicted octanol–water partition coefficient (Wildman–Crippen LogP) is -0.0442. The fourth-order valence-electron chi connectivity index (χ4n) is 1.33. The van der Waals surface area contributed by atoms with Crippen LogP contribution in [0.2, 0.25) is 0 Å². The highest BCUT2D eigenvalue weighted by atomic mass is 16.5. The Labute approximate surface area is 78.4 Å². The number of ketones is 1. The minimum atomic E-state index is -0.156. The lowest BCUT2D eigenvalue weighted by Gasteiger charge is -2.11. The second-order valence-electron chi connectivity index (χ2n) is 3.33. The summed E-state index contributed by atoms with van der Waals surface area (Å²) in [5.41, 5.74) is 5.68. The van der Waals surface area contributed by atoms with Gasteiger partial charge in [0.05, 0.1) is 19.1 Å². The Kier molecular flexibility index (Phi) is 4.35. The smallest absolute Gasteiger partial charge is 0.165 e. The lowest BCUT2D eigenvalue weighted by atomic mass is 10.00.